The van der Waals surface area contributed by atoms with E-state index in [2.05, 4.69) is 39.5 Å². The second-order valence-electron chi connectivity index (χ2n) is 7.12. The third kappa shape index (κ3) is 6.75. The van der Waals surface area contributed by atoms with E-state index in [-0.39, 0.29) is 29.9 Å². The Morgan fingerprint density at radius 2 is 1.81 bits per heavy atom. The third-order valence-electron chi connectivity index (χ3n) is 5.19. The molecule has 1 amide bonds. The van der Waals surface area contributed by atoms with E-state index in [0.29, 0.717) is 12.1 Å². The van der Waals surface area contributed by atoms with Gasteiger partial charge in [-0.2, -0.15) is 0 Å². The van der Waals surface area contributed by atoms with Crippen molar-refractivity contribution in [1.82, 2.24) is 15.5 Å². The zero-order valence-corrected chi connectivity index (χ0v) is 20.8. The lowest BCUT2D eigenvalue weighted by Crippen LogP contribution is -2.52. The van der Waals surface area contributed by atoms with Gasteiger partial charge in [0.25, 0.3) is 5.91 Å². The number of carbonyl (C=O) groups excluding carboxylic acids is 1. The second kappa shape index (κ2) is 12.4. The van der Waals surface area contributed by atoms with Crippen molar-refractivity contribution >= 4 is 41.5 Å². The molecule has 8 heteroatoms. The normalized spacial score (nSPS) is 14.0. The lowest BCUT2D eigenvalue weighted by Gasteiger charge is -2.37. The Bertz CT molecular complexity index is 865. The molecule has 2 N–H and O–H groups in total. The smallest absolute Gasteiger partial charge is 0.251 e. The van der Waals surface area contributed by atoms with E-state index in [9.17, 15) is 4.79 Å². The van der Waals surface area contributed by atoms with Gasteiger partial charge in [0.1, 0.15) is 5.75 Å². The molecular weight excluding hydrogens is 505 g/mol. The third-order valence-corrected chi connectivity index (χ3v) is 5.19. The second-order valence-corrected chi connectivity index (χ2v) is 7.12. The SMILES string of the molecule is CCNC(=NCc1ccc(C(=O)NC)cc1)N1CCN(c2cccc(OC)c2)CC1.I. The van der Waals surface area contributed by atoms with Crippen molar-refractivity contribution in [3.63, 3.8) is 0 Å². The number of guanidine groups is 1. The number of nitrogens with one attached hydrogen (secondary N) is 2. The molecule has 1 fully saturated rings. The minimum Gasteiger partial charge on any atom is -0.497 e. The number of carbonyl (C=O) groups is 1. The van der Waals surface area contributed by atoms with Crippen LogP contribution in [0.4, 0.5) is 5.69 Å². The van der Waals surface area contributed by atoms with Crippen molar-refractivity contribution in [3.05, 3.63) is 59.7 Å². The molecule has 3 rings (SSSR count). The van der Waals surface area contributed by atoms with Crippen LogP contribution in [0, 0.1) is 0 Å². The van der Waals surface area contributed by atoms with Gasteiger partial charge in [0, 0.05) is 57.1 Å². The largest absolute Gasteiger partial charge is 0.497 e. The number of anilines is 1. The van der Waals surface area contributed by atoms with Crippen molar-refractivity contribution in [3.8, 4) is 5.75 Å². The molecule has 0 aliphatic carbocycles. The maximum absolute atomic E-state index is 11.7. The Balaban J connectivity index is 0.00000341. The highest BCUT2D eigenvalue weighted by atomic mass is 127. The summed E-state index contributed by atoms with van der Waals surface area (Å²) < 4.78 is 5.35. The Kier molecular flexibility index (Phi) is 9.90. The number of methoxy groups -OCH3 is 1. The maximum atomic E-state index is 11.7. The van der Waals surface area contributed by atoms with Crippen LogP contribution in [0.2, 0.25) is 0 Å². The first kappa shape index (κ1) is 24.8. The van der Waals surface area contributed by atoms with Crippen LogP contribution in [-0.4, -0.2) is 63.6 Å². The predicted molar refractivity (Wildman–Crippen MR) is 137 cm³/mol. The Labute approximate surface area is 201 Å². The van der Waals surface area contributed by atoms with Crippen LogP contribution in [0.15, 0.2) is 53.5 Å². The Morgan fingerprint density at radius 3 is 2.42 bits per heavy atom. The number of rotatable bonds is 6. The van der Waals surface area contributed by atoms with E-state index in [1.807, 2.05) is 36.4 Å². The predicted octanol–water partition coefficient (Wildman–Crippen LogP) is 2.96. The number of halogens is 1. The Hall–Kier alpha value is -2.49. The number of amides is 1. The Morgan fingerprint density at radius 1 is 1.10 bits per heavy atom. The van der Waals surface area contributed by atoms with Gasteiger partial charge in [-0.25, -0.2) is 4.99 Å². The molecular formula is C23H32IN5O2. The molecule has 7 nitrogen and oxygen atoms in total. The first-order valence-corrected chi connectivity index (χ1v) is 10.4. The van der Waals surface area contributed by atoms with Crippen LogP contribution in [-0.2, 0) is 6.54 Å². The summed E-state index contributed by atoms with van der Waals surface area (Å²) in [5.41, 5.74) is 2.92. The fourth-order valence-corrected chi connectivity index (χ4v) is 3.48. The van der Waals surface area contributed by atoms with Gasteiger partial charge in [0.2, 0.25) is 0 Å². The summed E-state index contributed by atoms with van der Waals surface area (Å²) in [5.74, 6) is 1.73. The van der Waals surface area contributed by atoms with Crippen molar-refractivity contribution < 1.29 is 9.53 Å². The van der Waals surface area contributed by atoms with Crippen LogP contribution < -0.4 is 20.3 Å². The summed E-state index contributed by atoms with van der Waals surface area (Å²) in [6.45, 7) is 7.14. The minimum absolute atomic E-state index is 0. The molecule has 0 unspecified atom stereocenters. The number of piperazine rings is 1. The lowest BCUT2D eigenvalue weighted by molar-refractivity contribution is 0.0963. The van der Waals surface area contributed by atoms with Crippen LogP contribution in [0.5, 0.6) is 5.75 Å². The molecule has 1 heterocycles. The average Bonchev–Trinajstić information content (AvgIpc) is 2.81. The van der Waals surface area contributed by atoms with Crippen LogP contribution >= 0.6 is 24.0 Å². The molecule has 31 heavy (non-hydrogen) atoms. The van der Waals surface area contributed by atoms with Gasteiger partial charge < -0.3 is 25.2 Å². The standard InChI is InChI=1S/C23H31N5O2.HI/c1-4-25-23(26-17-18-8-10-19(11-9-18)22(29)24-2)28-14-12-27(13-15-28)20-6-5-7-21(16-20)30-3;/h5-11,16H,4,12-15,17H2,1-3H3,(H,24,29)(H,25,26);1H. The summed E-state index contributed by atoms with van der Waals surface area (Å²) in [4.78, 5) is 21.2. The van der Waals surface area contributed by atoms with Gasteiger partial charge in [-0.15, -0.1) is 24.0 Å². The summed E-state index contributed by atoms with van der Waals surface area (Å²) in [6, 6.07) is 15.8. The average molecular weight is 537 g/mol. The zero-order valence-electron chi connectivity index (χ0n) is 18.4. The van der Waals surface area contributed by atoms with Crippen LogP contribution in [0.3, 0.4) is 0 Å². The highest BCUT2D eigenvalue weighted by molar-refractivity contribution is 14.0. The zero-order chi connectivity index (χ0) is 21.3. The van der Waals surface area contributed by atoms with Gasteiger partial charge in [-0.3, -0.25) is 4.79 Å². The quantitative estimate of drug-likeness (QED) is 0.337. The van der Waals surface area contributed by atoms with E-state index in [1.165, 1.54) is 5.69 Å². The van der Waals surface area contributed by atoms with Crippen LogP contribution in [0.1, 0.15) is 22.8 Å². The van der Waals surface area contributed by atoms with Gasteiger partial charge in [-0.1, -0.05) is 18.2 Å². The molecule has 2 aromatic carbocycles. The highest BCUT2D eigenvalue weighted by Gasteiger charge is 2.20. The van der Waals surface area contributed by atoms with Gasteiger partial charge >= 0.3 is 0 Å². The molecule has 2 aromatic rings. The summed E-state index contributed by atoms with van der Waals surface area (Å²) >= 11 is 0. The fourth-order valence-electron chi connectivity index (χ4n) is 3.48. The molecule has 168 valence electrons. The van der Waals surface area contributed by atoms with Crippen LogP contribution in [0.25, 0.3) is 0 Å². The monoisotopic (exact) mass is 537 g/mol. The van der Waals surface area contributed by atoms with Crippen molar-refractivity contribution in [2.75, 3.05) is 51.8 Å². The molecule has 1 aliphatic heterocycles. The summed E-state index contributed by atoms with van der Waals surface area (Å²) in [5, 5.41) is 6.05. The number of hydrogen-bond acceptors (Lipinski definition) is 4. The van der Waals surface area contributed by atoms with E-state index in [1.54, 1.807) is 14.2 Å². The molecule has 0 saturated carbocycles. The maximum Gasteiger partial charge on any atom is 0.251 e. The minimum atomic E-state index is -0.0766. The summed E-state index contributed by atoms with van der Waals surface area (Å²) in [6.07, 6.45) is 0. The molecule has 1 saturated heterocycles. The first-order chi connectivity index (χ1) is 14.6. The topological polar surface area (TPSA) is 69.2 Å². The summed E-state index contributed by atoms with van der Waals surface area (Å²) in [7, 11) is 3.33. The van der Waals surface area contributed by atoms with Gasteiger partial charge in [-0.05, 0) is 36.8 Å². The molecule has 0 spiro atoms. The molecule has 0 bridgehead atoms. The van der Waals surface area contributed by atoms with E-state index >= 15 is 0 Å². The first-order valence-electron chi connectivity index (χ1n) is 10.4. The van der Waals surface area contributed by atoms with Crippen molar-refractivity contribution in [2.45, 2.75) is 13.5 Å². The number of benzene rings is 2. The van der Waals surface area contributed by atoms with E-state index in [0.717, 1.165) is 50.0 Å². The van der Waals surface area contributed by atoms with Gasteiger partial charge in [0.05, 0.1) is 13.7 Å². The fraction of sp³-hybridized carbons (Fsp3) is 0.391. The molecule has 0 aromatic heterocycles. The number of nitrogens with zero attached hydrogens (tertiary/aromatic N) is 3. The van der Waals surface area contributed by atoms with Crippen molar-refractivity contribution in [2.24, 2.45) is 4.99 Å². The van der Waals surface area contributed by atoms with E-state index < -0.39 is 0 Å². The lowest BCUT2D eigenvalue weighted by atomic mass is 10.1. The number of hydrogen-bond donors (Lipinski definition) is 2. The van der Waals surface area contributed by atoms with E-state index in [4.69, 9.17) is 9.73 Å². The van der Waals surface area contributed by atoms with Crippen molar-refractivity contribution in [1.29, 1.82) is 0 Å². The number of aliphatic imine (C=N–C) groups is 1. The molecule has 0 radical (unpaired) electrons. The van der Waals surface area contributed by atoms with Gasteiger partial charge in [0.15, 0.2) is 5.96 Å². The number of ether oxygens (including phenoxy) is 1. The highest BCUT2D eigenvalue weighted by Crippen LogP contribution is 2.22. The molecule has 1 aliphatic rings. The molecule has 0 atom stereocenters.